The Kier molecular flexibility index (Phi) is 7.02. The summed E-state index contributed by atoms with van der Waals surface area (Å²) >= 11 is 3.15. The average molecular weight is 372 g/mol. The number of amides is 1. The molecule has 1 saturated heterocycles. The third kappa shape index (κ3) is 5.01. The second-order valence-corrected chi connectivity index (χ2v) is 7.66. The Balaban J connectivity index is 0.00000192. The van der Waals surface area contributed by atoms with Gasteiger partial charge in [0.05, 0.1) is 10.6 Å². The number of carbonyl (C=O) groups excluding carboxylic acids is 1. The van der Waals surface area contributed by atoms with E-state index in [1.165, 1.54) is 24.2 Å². The summed E-state index contributed by atoms with van der Waals surface area (Å²) in [5.41, 5.74) is 0.944. The lowest BCUT2D eigenvalue weighted by atomic mass is 9.85. The fourth-order valence-electron chi connectivity index (χ4n) is 2.86. The highest BCUT2D eigenvalue weighted by Gasteiger charge is 2.22. The van der Waals surface area contributed by atoms with Gasteiger partial charge in [0.25, 0.3) is 0 Å². The third-order valence-electron chi connectivity index (χ3n) is 4.17. The Morgan fingerprint density at radius 1 is 1.52 bits per heavy atom. The molecule has 0 radical (unpaired) electrons. The number of nitrogens with one attached hydrogen (secondary N) is 2. The van der Waals surface area contributed by atoms with E-state index in [0.717, 1.165) is 23.7 Å². The van der Waals surface area contributed by atoms with Gasteiger partial charge in [-0.25, -0.2) is 4.98 Å². The van der Waals surface area contributed by atoms with Crippen molar-refractivity contribution in [2.45, 2.75) is 26.2 Å². The molecule has 3 heterocycles. The standard InChI is InChI=1S/C16H21N3OS2.ClH/c1-11(12-4-2-6-17-9-12)8-15(20)19-16-18-13(10-22-16)14-5-3-7-21-14;/h3,5,7,10-12,17H,2,4,6,8-9H2,1H3,(H,18,19,20);1H. The number of rotatable bonds is 5. The predicted molar refractivity (Wildman–Crippen MR) is 101 cm³/mol. The Morgan fingerprint density at radius 2 is 2.39 bits per heavy atom. The van der Waals surface area contributed by atoms with Crippen LogP contribution in [0, 0.1) is 11.8 Å². The molecule has 7 heteroatoms. The Hall–Kier alpha value is -0.950. The second-order valence-electron chi connectivity index (χ2n) is 5.85. The molecule has 2 aromatic rings. The number of anilines is 1. The van der Waals surface area contributed by atoms with E-state index in [2.05, 4.69) is 22.5 Å². The van der Waals surface area contributed by atoms with Crippen molar-refractivity contribution in [1.29, 1.82) is 0 Å². The van der Waals surface area contributed by atoms with E-state index in [-0.39, 0.29) is 18.3 Å². The normalized spacial score (nSPS) is 18.9. The van der Waals surface area contributed by atoms with Crippen molar-refractivity contribution < 1.29 is 4.79 Å². The summed E-state index contributed by atoms with van der Waals surface area (Å²) in [6.45, 7) is 4.32. The fraction of sp³-hybridized carbons (Fsp3) is 0.500. The smallest absolute Gasteiger partial charge is 0.226 e. The van der Waals surface area contributed by atoms with Gasteiger partial charge in [0, 0.05) is 11.8 Å². The molecule has 0 spiro atoms. The lowest BCUT2D eigenvalue weighted by Crippen LogP contribution is -2.34. The van der Waals surface area contributed by atoms with Gasteiger partial charge in [0.15, 0.2) is 5.13 Å². The molecule has 23 heavy (non-hydrogen) atoms. The van der Waals surface area contributed by atoms with Crippen molar-refractivity contribution in [1.82, 2.24) is 10.3 Å². The summed E-state index contributed by atoms with van der Waals surface area (Å²) in [6, 6.07) is 4.06. The molecule has 0 aromatic carbocycles. The van der Waals surface area contributed by atoms with Gasteiger partial charge in [-0.2, -0.15) is 0 Å². The van der Waals surface area contributed by atoms with Crippen molar-refractivity contribution in [3.05, 3.63) is 22.9 Å². The summed E-state index contributed by atoms with van der Waals surface area (Å²) in [5.74, 6) is 1.09. The van der Waals surface area contributed by atoms with Gasteiger partial charge >= 0.3 is 0 Å². The molecule has 126 valence electrons. The van der Waals surface area contributed by atoms with Crippen molar-refractivity contribution in [2.75, 3.05) is 18.4 Å². The molecule has 3 rings (SSSR count). The maximum atomic E-state index is 12.2. The molecule has 1 fully saturated rings. The van der Waals surface area contributed by atoms with E-state index < -0.39 is 0 Å². The largest absolute Gasteiger partial charge is 0.316 e. The fourth-order valence-corrected chi connectivity index (χ4v) is 4.35. The number of carbonyl (C=O) groups is 1. The molecule has 0 bridgehead atoms. The van der Waals surface area contributed by atoms with Crippen molar-refractivity contribution in [2.24, 2.45) is 11.8 Å². The van der Waals surface area contributed by atoms with Crippen molar-refractivity contribution >= 4 is 46.1 Å². The average Bonchev–Trinajstić information content (AvgIpc) is 3.19. The maximum Gasteiger partial charge on any atom is 0.226 e. The van der Waals surface area contributed by atoms with E-state index in [9.17, 15) is 4.79 Å². The molecule has 0 saturated carbocycles. The summed E-state index contributed by atoms with van der Waals surface area (Å²) in [6.07, 6.45) is 3.01. The monoisotopic (exact) mass is 371 g/mol. The van der Waals surface area contributed by atoms with E-state index in [0.29, 0.717) is 23.4 Å². The SMILES string of the molecule is CC(CC(=O)Nc1nc(-c2cccs2)cs1)C1CCCNC1.Cl. The minimum absolute atomic E-state index is 0. The number of halogens is 1. The minimum atomic E-state index is 0. The summed E-state index contributed by atoms with van der Waals surface area (Å²) in [5, 5.41) is 11.1. The van der Waals surface area contributed by atoms with Crippen LogP contribution in [-0.4, -0.2) is 24.0 Å². The van der Waals surface area contributed by atoms with Gasteiger partial charge in [-0.15, -0.1) is 35.1 Å². The van der Waals surface area contributed by atoms with Crippen LogP contribution in [0.4, 0.5) is 5.13 Å². The number of thiazole rings is 1. The van der Waals surface area contributed by atoms with Crippen LogP contribution in [0.2, 0.25) is 0 Å². The van der Waals surface area contributed by atoms with Gasteiger partial charge in [-0.1, -0.05) is 13.0 Å². The maximum absolute atomic E-state index is 12.2. The number of nitrogens with zero attached hydrogens (tertiary/aromatic N) is 1. The topological polar surface area (TPSA) is 54.0 Å². The van der Waals surface area contributed by atoms with E-state index in [1.807, 2.05) is 22.9 Å². The quantitative estimate of drug-likeness (QED) is 0.825. The van der Waals surface area contributed by atoms with Crippen molar-refractivity contribution in [3.8, 4) is 10.6 Å². The van der Waals surface area contributed by atoms with Gasteiger partial charge < -0.3 is 10.6 Å². The van der Waals surface area contributed by atoms with E-state index in [1.54, 1.807) is 11.3 Å². The highest BCUT2D eigenvalue weighted by Crippen LogP contribution is 2.29. The zero-order valence-electron chi connectivity index (χ0n) is 13.1. The molecule has 1 amide bonds. The number of hydrogen-bond acceptors (Lipinski definition) is 5. The number of hydrogen-bond donors (Lipinski definition) is 2. The van der Waals surface area contributed by atoms with Crippen LogP contribution in [0.3, 0.4) is 0 Å². The van der Waals surface area contributed by atoms with Crippen molar-refractivity contribution in [3.63, 3.8) is 0 Å². The molecule has 2 atom stereocenters. The lowest BCUT2D eigenvalue weighted by molar-refractivity contribution is -0.117. The molecule has 2 unspecified atom stereocenters. The van der Waals surface area contributed by atoms with Gasteiger partial charge in [-0.3, -0.25) is 4.79 Å². The minimum Gasteiger partial charge on any atom is -0.316 e. The zero-order valence-corrected chi connectivity index (χ0v) is 15.5. The Labute approximate surface area is 151 Å². The van der Waals surface area contributed by atoms with Crippen LogP contribution in [-0.2, 0) is 4.79 Å². The van der Waals surface area contributed by atoms with Crippen LogP contribution in [0.5, 0.6) is 0 Å². The van der Waals surface area contributed by atoms with Gasteiger partial charge in [-0.05, 0) is 49.2 Å². The number of piperidine rings is 1. The third-order valence-corrected chi connectivity index (χ3v) is 5.82. The molecule has 1 aliphatic heterocycles. The van der Waals surface area contributed by atoms with E-state index in [4.69, 9.17) is 0 Å². The van der Waals surface area contributed by atoms with Crippen LogP contribution >= 0.6 is 35.1 Å². The van der Waals surface area contributed by atoms with Crippen LogP contribution < -0.4 is 10.6 Å². The van der Waals surface area contributed by atoms with Crippen LogP contribution in [0.1, 0.15) is 26.2 Å². The van der Waals surface area contributed by atoms with Gasteiger partial charge in [0.2, 0.25) is 5.91 Å². The molecule has 2 aromatic heterocycles. The highest BCUT2D eigenvalue weighted by molar-refractivity contribution is 7.16. The molecule has 2 N–H and O–H groups in total. The first-order valence-electron chi connectivity index (χ1n) is 7.72. The summed E-state index contributed by atoms with van der Waals surface area (Å²) in [7, 11) is 0. The molecule has 0 aliphatic carbocycles. The molecular formula is C16H22ClN3OS2. The first-order chi connectivity index (χ1) is 10.7. The number of thiophene rings is 1. The zero-order chi connectivity index (χ0) is 15.4. The predicted octanol–water partition coefficient (Wildman–Crippen LogP) is 4.26. The second kappa shape index (κ2) is 8.78. The highest BCUT2D eigenvalue weighted by atomic mass is 35.5. The Bertz CT molecular complexity index is 609. The lowest BCUT2D eigenvalue weighted by Gasteiger charge is -2.27. The van der Waals surface area contributed by atoms with Crippen LogP contribution in [0.15, 0.2) is 22.9 Å². The molecule has 1 aliphatic rings. The van der Waals surface area contributed by atoms with Gasteiger partial charge in [0.1, 0.15) is 0 Å². The van der Waals surface area contributed by atoms with E-state index >= 15 is 0 Å². The number of aromatic nitrogens is 1. The summed E-state index contributed by atoms with van der Waals surface area (Å²) in [4.78, 5) is 17.8. The first-order valence-corrected chi connectivity index (χ1v) is 9.48. The first kappa shape index (κ1) is 18.4. The summed E-state index contributed by atoms with van der Waals surface area (Å²) < 4.78 is 0. The Morgan fingerprint density at radius 3 is 3.09 bits per heavy atom. The van der Waals surface area contributed by atoms with Crippen LogP contribution in [0.25, 0.3) is 10.6 Å². The molecule has 4 nitrogen and oxygen atoms in total. The molecular weight excluding hydrogens is 350 g/mol.